The van der Waals surface area contributed by atoms with Crippen molar-refractivity contribution in [2.45, 2.75) is 59.4 Å². The maximum atomic E-state index is 13.8. The Morgan fingerprint density at radius 2 is 1.89 bits per heavy atom. The third-order valence-corrected chi connectivity index (χ3v) is 9.11. The minimum absolute atomic E-state index is 0.164. The minimum Gasteiger partial charge on any atom is -0.425 e. The maximum absolute atomic E-state index is 13.8. The molecule has 3 aromatic heterocycles. The number of ether oxygens (including phenoxy) is 2. The summed E-state index contributed by atoms with van der Waals surface area (Å²) in [4.78, 5) is 23.4. The second-order valence-corrected chi connectivity index (χ2v) is 13.0. The Bertz CT molecular complexity index is 1780. The topological polar surface area (TPSA) is 147 Å². The molecule has 12 heteroatoms. The summed E-state index contributed by atoms with van der Waals surface area (Å²) in [6.07, 6.45) is 5.40. The molecule has 0 radical (unpaired) electrons. The number of nitrogens with zero attached hydrogens (tertiary/aromatic N) is 2. The van der Waals surface area contributed by atoms with Gasteiger partial charge in [0.15, 0.2) is 17.5 Å². The van der Waals surface area contributed by atoms with E-state index in [1.165, 1.54) is 24.3 Å². The summed E-state index contributed by atoms with van der Waals surface area (Å²) in [6, 6.07) is 7.49. The molecule has 0 unspecified atom stereocenters. The zero-order valence-electron chi connectivity index (χ0n) is 26.1. The van der Waals surface area contributed by atoms with E-state index in [4.69, 9.17) is 31.0 Å². The van der Waals surface area contributed by atoms with Gasteiger partial charge in [-0.3, -0.25) is 20.6 Å². The lowest BCUT2D eigenvalue weighted by Gasteiger charge is -2.24. The van der Waals surface area contributed by atoms with E-state index in [0.717, 1.165) is 41.5 Å². The average Bonchev–Trinajstić information content (AvgIpc) is 3.44. The van der Waals surface area contributed by atoms with Crippen molar-refractivity contribution in [2.75, 3.05) is 18.5 Å². The molecule has 0 bridgehead atoms. The van der Waals surface area contributed by atoms with Crippen LogP contribution in [0.25, 0.3) is 20.5 Å². The van der Waals surface area contributed by atoms with Crippen molar-refractivity contribution in [3.8, 4) is 10.4 Å². The van der Waals surface area contributed by atoms with Gasteiger partial charge < -0.3 is 20.5 Å². The summed E-state index contributed by atoms with van der Waals surface area (Å²) in [5, 5.41) is 21.0. The highest BCUT2D eigenvalue weighted by molar-refractivity contribution is 7.22. The molecule has 1 aliphatic rings. The molecule has 5 rings (SSSR count). The van der Waals surface area contributed by atoms with Gasteiger partial charge in [-0.05, 0) is 79.2 Å². The summed E-state index contributed by atoms with van der Waals surface area (Å²) < 4.78 is 39.2. The zero-order valence-corrected chi connectivity index (χ0v) is 27.0. The Balaban J connectivity index is 1.66. The number of carbonyl (C=O) groups is 1. The number of carbonyl (C=O) groups excluding carboxylic acids is 1. The quantitative estimate of drug-likeness (QED) is 0.0996. The largest absolute Gasteiger partial charge is 0.425 e. The van der Waals surface area contributed by atoms with Crippen LogP contribution in [-0.2, 0) is 28.9 Å². The van der Waals surface area contributed by atoms with Crippen LogP contribution in [0, 0.1) is 34.3 Å². The van der Waals surface area contributed by atoms with Crippen LogP contribution in [0.4, 0.5) is 14.6 Å². The summed E-state index contributed by atoms with van der Waals surface area (Å²) in [5.41, 5.74) is 8.84. The molecule has 1 aliphatic heterocycles. The van der Waals surface area contributed by atoms with Crippen LogP contribution in [0.2, 0.25) is 0 Å². The van der Waals surface area contributed by atoms with E-state index in [2.05, 4.69) is 10.3 Å². The summed E-state index contributed by atoms with van der Waals surface area (Å²) >= 11 is 1.37. The first-order valence-corrected chi connectivity index (χ1v) is 16.1. The number of nitrogens with two attached hydrogens (primary N) is 1. The maximum Gasteiger partial charge on any atom is 0.251 e. The number of thiophene rings is 1. The molecular formula is C34H38F2N6O3S. The smallest absolute Gasteiger partial charge is 0.251 e. The molecule has 9 nitrogen and oxygen atoms in total. The van der Waals surface area contributed by atoms with Gasteiger partial charge in [-0.15, -0.1) is 11.3 Å². The van der Waals surface area contributed by atoms with E-state index in [-0.39, 0.29) is 29.8 Å². The number of aryl methyl sites for hydroxylation is 1. The Labute approximate surface area is 270 Å². The van der Waals surface area contributed by atoms with Crippen LogP contribution in [0.3, 0.4) is 0 Å². The van der Waals surface area contributed by atoms with Gasteiger partial charge >= 0.3 is 0 Å². The first-order chi connectivity index (χ1) is 22.0. The third kappa shape index (κ3) is 7.56. The van der Waals surface area contributed by atoms with Crippen molar-refractivity contribution in [1.82, 2.24) is 9.97 Å². The van der Waals surface area contributed by atoms with E-state index in [0.29, 0.717) is 70.7 Å². The van der Waals surface area contributed by atoms with Crippen molar-refractivity contribution >= 4 is 44.9 Å². The number of fused-ring (bicyclic) bond motifs is 1. The summed E-state index contributed by atoms with van der Waals surface area (Å²) in [5.74, 6) is -1.81. The van der Waals surface area contributed by atoms with Gasteiger partial charge in [-0.2, -0.15) is 0 Å². The van der Waals surface area contributed by atoms with Gasteiger partial charge in [0, 0.05) is 43.3 Å². The second-order valence-electron chi connectivity index (χ2n) is 12.0. The van der Waals surface area contributed by atoms with E-state index in [1.807, 2.05) is 26.0 Å². The number of primary amides is 1. The van der Waals surface area contributed by atoms with E-state index in [1.54, 1.807) is 6.20 Å². The number of halogens is 2. The molecule has 0 spiro atoms. The van der Waals surface area contributed by atoms with Crippen LogP contribution < -0.4 is 11.1 Å². The number of nitrogens with one attached hydrogen (secondary N) is 3. The first kappa shape index (κ1) is 33.1. The molecule has 0 atom stereocenters. The molecule has 4 aromatic rings. The van der Waals surface area contributed by atoms with Crippen molar-refractivity contribution in [3.05, 3.63) is 76.2 Å². The third-order valence-electron chi connectivity index (χ3n) is 7.93. The SMILES string of the molecule is CC(=N)OC(=N)c1c(CCC2CCOCC2)nc(CC(C)C)c(C(N)=O)c1-c1cc2ccnc(NCc3ccc(F)c(F)c3)c2s1. The van der Waals surface area contributed by atoms with Gasteiger partial charge in [-0.1, -0.05) is 19.9 Å². The summed E-state index contributed by atoms with van der Waals surface area (Å²) in [6.45, 7) is 7.16. The van der Waals surface area contributed by atoms with Crippen molar-refractivity contribution < 1.29 is 23.0 Å². The van der Waals surface area contributed by atoms with Crippen LogP contribution in [0.5, 0.6) is 0 Å². The van der Waals surface area contributed by atoms with Crippen molar-refractivity contribution in [3.63, 3.8) is 0 Å². The predicted molar refractivity (Wildman–Crippen MR) is 177 cm³/mol. The van der Waals surface area contributed by atoms with Crippen molar-refractivity contribution in [1.29, 1.82) is 10.8 Å². The number of aromatic nitrogens is 2. The molecule has 1 aromatic carbocycles. The lowest BCUT2D eigenvalue weighted by atomic mass is 9.89. The van der Waals surface area contributed by atoms with Gasteiger partial charge in [0.1, 0.15) is 5.82 Å². The standard InChI is InChI=1S/C34H38F2N6O3S/c1-18(2)14-26-28(32(38)43)30(29(33(39)45-19(3)37)25(42-26)7-5-20-9-12-44-13-10-20)27-16-22-8-11-40-34(31(22)46-27)41-17-21-4-6-23(35)24(36)15-21/h4,6,8,11,15-16,18,20,37,39H,5,7,9-10,12-14,17H2,1-3H3,(H2,38,43)(H,40,41). The highest BCUT2D eigenvalue weighted by Gasteiger charge is 2.29. The Morgan fingerprint density at radius 3 is 2.57 bits per heavy atom. The fourth-order valence-corrected chi connectivity index (χ4v) is 6.97. The van der Waals surface area contributed by atoms with Gasteiger partial charge in [0.25, 0.3) is 5.91 Å². The number of amides is 1. The van der Waals surface area contributed by atoms with Crippen LogP contribution in [-0.4, -0.2) is 40.9 Å². The molecule has 5 N–H and O–H groups in total. The molecule has 0 saturated carbocycles. The minimum atomic E-state index is -0.928. The lowest BCUT2D eigenvalue weighted by molar-refractivity contribution is 0.0639. The Kier molecular flexibility index (Phi) is 10.4. The highest BCUT2D eigenvalue weighted by atomic mass is 32.1. The highest BCUT2D eigenvalue weighted by Crippen LogP contribution is 2.42. The molecule has 4 heterocycles. The van der Waals surface area contributed by atoms with Crippen LogP contribution in [0.15, 0.2) is 36.5 Å². The zero-order chi connectivity index (χ0) is 33.0. The number of rotatable bonds is 11. The summed E-state index contributed by atoms with van der Waals surface area (Å²) in [7, 11) is 0. The molecule has 242 valence electrons. The number of pyridine rings is 2. The van der Waals surface area contributed by atoms with Crippen LogP contribution in [0.1, 0.15) is 72.9 Å². The second kappa shape index (κ2) is 14.4. The molecule has 46 heavy (non-hydrogen) atoms. The molecule has 1 saturated heterocycles. The van der Waals surface area contributed by atoms with E-state index < -0.39 is 17.5 Å². The molecular weight excluding hydrogens is 610 g/mol. The first-order valence-electron chi connectivity index (χ1n) is 15.3. The predicted octanol–water partition coefficient (Wildman–Crippen LogP) is 7.24. The van der Waals surface area contributed by atoms with Gasteiger partial charge in [0.2, 0.25) is 5.90 Å². The van der Waals surface area contributed by atoms with Crippen LogP contribution >= 0.6 is 11.3 Å². The number of hydrogen-bond donors (Lipinski definition) is 4. The lowest BCUT2D eigenvalue weighted by Crippen LogP contribution is -2.24. The number of hydrogen-bond acceptors (Lipinski definition) is 9. The Hall–Kier alpha value is -4.29. The monoisotopic (exact) mass is 648 g/mol. The number of benzene rings is 1. The molecule has 0 aliphatic carbocycles. The normalized spacial score (nSPS) is 13.7. The van der Waals surface area contributed by atoms with Crippen molar-refractivity contribution in [2.24, 2.45) is 17.6 Å². The fourth-order valence-electron chi connectivity index (χ4n) is 5.79. The average molecular weight is 649 g/mol. The number of anilines is 1. The van der Waals surface area contributed by atoms with E-state index in [9.17, 15) is 13.6 Å². The van der Waals surface area contributed by atoms with Gasteiger partial charge in [-0.25, -0.2) is 13.8 Å². The van der Waals surface area contributed by atoms with E-state index >= 15 is 0 Å². The molecule has 1 fully saturated rings. The fraction of sp³-hybridized carbons (Fsp3) is 0.382. The van der Waals surface area contributed by atoms with Gasteiger partial charge in [0.05, 0.1) is 27.2 Å². The molecule has 1 amide bonds. The Morgan fingerprint density at radius 1 is 1.13 bits per heavy atom.